The summed E-state index contributed by atoms with van der Waals surface area (Å²) >= 11 is 0. The van der Waals surface area contributed by atoms with E-state index in [1.807, 2.05) is 13.8 Å². The van der Waals surface area contributed by atoms with Gasteiger partial charge in [-0.15, -0.1) is 0 Å². The molecule has 0 heterocycles. The van der Waals surface area contributed by atoms with Crippen molar-refractivity contribution in [3.05, 3.63) is 23.8 Å². The number of anilines is 1. The van der Waals surface area contributed by atoms with E-state index < -0.39 is 0 Å². The molecule has 2 N–H and O–H groups in total. The predicted molar refractivity (Wildman–Crippen MR) is 62.6 cm³/mol. The minimum Gasteiger partial charge on any atom is -0.508 e. The normalized spacial score (nSPS) is 10.1. The van der Waals surface area contributed by atoms with Gasteiger partial charge in [0.25, 0.3) is 0 Å². The lowest BCUT2D eigenvalue weighted by Crippen LogP contribution is -2.14. The summed E-state index contributed by atoms with van der Waals surface area (Å²) in [5.74, 6) is 0.118. The Hall–Kier alpha value is -1.55. The highest BCUT2D eigenvalue weighted by Gasteiger charge is 2.04. The molecule has 0 saturated carbocycles. The van der Waals surface area contributed by atoms with Gasteiger partial charge in [0.05, 0.1) is 13.0 Å². The van der Waals surface area contributed by atoms with E-state index in [1.54, 1.807) is 18.2 Å². The SMILES string of the molecule is CCOCCC(=O)Nc1ccc(O)cc1C. The van der Waals surface area contributed by atoms with Crippen LogP contribution in [-0.2, 0) is 9.53 Å². The Balaban J connectivity index is 2.49. The van der Waals surface area contributed by atoms with Crippen molar-refractivity contribution >= 4 is 11.6 Å². The zero-order valence-electron chi connectivity index (χ0n) is 9.62. The molecule has 1 rings (SSSR count). The maximum absolute atomic E-state index is 11.5. The molecule has 88 valence electrons. The van der Waals surface area contributed by atoms with Crippen molar-refractivity contribution < 1.29 is 14.6 Å². The van der Waals surface area contributed by atoms with E-state index in [2.05, 4.69) is 5.32 Å². The third kappa shape index (κ3) is 3.90. The number of nitrogens with one attached hydrogen (secondary N) is 1. The smallest absolute Gasteiger partial charge is 0.226 e. The predicted octanol–water partition coefficient (Wildman–Crippen LogP) is 2.07. The fourth-order valence-corrected chi connectivity index (χ4v) is 1.31. The maximum atomic E-state index is 11.5. The molecule has 1 aromatic rings. The first-order valence-corrected chi connectivity index (χ1v) is 5.30. The number of rotatable bonds is 5. The zero-order valence-corrected chi connectivity index (χ0v) is 9.62. The van der Waals surface area contributed by atoms with E-state index in [1.165, 1.54) is 0 Å². The van der Waals surface area contributed by atoms with E-state index in [-0.39, 0.29) is 11.7 Å². The van der Waals surface area contributed by atoms with Gasteiger partial charge in [0.2, 0.25) is 5.91 Å². The number of hydrogen-bond acceptors (Lipinski definition) is 3. The minimum atomic E-state index is -0.0813. The van der Waals surface area contributed by atoms with Gasteiger partial charge in [0.15, 0.2) is 0 Å². The Morgan fingerprint density at radius 3 is 2.88 bits per heavy atom. The molecule has 1 amide bonds. The standard InChI is InChI=1S/C12H17NO3/c1-3-16-7-6-12(15)13-11-5-4-10(14)8-9(11)2/h4-5,8,14H,3,6-7H2,1-2H3,(H,13,15). The summed E-state index contributed by atoms with van der Waals surface area (Å²) in [5.41, 5.74) is 1.56. The van der Waals surface area contributed by atoms with E-state index in [9.17, 15) is 9.90 Å². The van der Waals surface area contributed by atoms with Crippen LogP contribution in [0.5, 0.6) is 5.75 Å². The Morgan fingerprint density at radius 2 is 2.25 bits per heavy atom. The van der Waals surface area contributed by atoms with Gasteiger partial charge >= 0.3 is 0 Å². The number of carbonyl (C=O) groups is 1. The fraction of sp³-hybridized carbons (Fsp3) is 0.417. The maximum Gasteiger partial charge on any atom is 0.226 e. The molecule has 0 saturated heterocycles. The second-order valence-electron chi connectivity index (χ2n) is 3.49. The molecule has 0 spiro atoms. The van der Waals surface area contributed by atoms with E-state index in [0.717, 1.165) is 11.3 Å². The molecule has 0 aliphatic carbocycles. The molecule has 0 radical (unpaired) electrons. The highest BCUT2D eigenvalue weighted by Crippen LogP contribution is 2.20. The van der Waals surface area contributed by atoms with Crippen LogP contribution in [0.15, 0.2) is 18.2 Å². The average Bonchev–Trinajstić information content (AvgIpc) is 2.23. The van der Waals surface area contributed by atoms with Gasteiger partial charge in [-0.25, -0.2) is 0 Å². The molecule has 4 heteroatoms. The number of phenolic OH excluding ortho intramolecular Hbond substituents is 1. The second-order valence-corrected chi connectivity index (χ2v) is 3.49. The Labute approximate surface area is 95.2 Å². The van der Waals surface area contributed by atoms with Gasteiger partial charge < -0.3 is 15.2 Å². The van der Waals surface area contributed by atoms with Crippen molar-refractivity contribution in [2.45, 2.75) is 20.3 Å². The molecular formula is C12H17NO3. The molecule has 0 fully saturated rings. The Bertz CT molecular complexity index is 363. The number of ether oxygens (including phenoxy) is 1. The van der Waals surface area contributed by atoms with Crippen LogP contribution in [0, 0.1) is 6.92 Å². The summed E-state index contributed by atoms with van der Waals surface area (Å²) in [6, 6.07) is 4.84. The highest BCUT2D eigenvalue weighted by atomic mass is 16.5. The van der Waals surface area contributed by atoms with Gasteiger partial charge in [0, 0.05) is 12.3 Å². The third-order valence-corrected chi connectivity index (χ3v) is 2.16. The highest BCUT2D eigenvalue weighted by molar-refractivity contribution is 5.91. The average molecular weight is 223 g/mol. The lowest BCUT2D eigenvalue weighted by Gasteiger charge is -2.08. The fourth-order valence-electron chi connectivity index (χ4n) is 1.31. The number of carbonyl (C=O) groups excluding carboxylic acids is 1. The van der Waals surface area contributed by atoms with Crippen molar-refractivity contribution in [1.29, 1.82) is 0 Å². The molecule has 0 aliphatic rings. The van der Waals surface area contributed by atoms with Gasteiger partial charge in [-0.05, 0) is 37.6 Å². The number of hydrogen-bond donors (Lipinski definition) is 2. The molecule has 0 atom stereocenters. The number of benzene rings is 1. The van der Waals surface area contributed by atoms with Crippen molar-refractivity contribution in [2.75, 3.05) is 18.5 Å². The van der Waals surface area contributed by atoms with Crippen LogP contribution in [0.1, 0.15) is 18.9 Å². The zero-order chi connectivity index (χ0) is 12.0. The number of phenols is 1. The molecule has 0 bridgehead atoms. The van der Waals surface area contributed by atoms with Crippen LogP contribution in [0.25, 0.3) is 0 Å². The van der Waals surface area contributed by atoms with Gasteiger partial charge in [-0.2, -0.15) is 0 Å². The van der Waals surface area contributed by atoms with Crippen molar-refractivity contribution in [1.82, 2.24) is 0 Å². The van der Waals surface area contributed by atoms with Crippen LogP contribution in [0.2, 0.25) is 0 Å². The molecule has 0 aliphatic heterocycles. The van der Waals surface area contributed by atoms with Crippen molar-refractivity contribution in [2.24, 2.45) is 0 Å². The van der Waals surface area contributed by atoms with Crippen molar-refractivity contribution in [3.8, 4) is 5.75 Å². The molecule has 1 aromatic carbocycles. The van der Waals surface area contributed by atoms with E-state index in [0.29, 0.717) is 19.6 Å². The Kier molecular flexibility index (Phi) is 4.79. The first-order valence-electron chi connectivity index (χ1n) is 5.30. The number of aromatic hydroxyl groups is 1. The van der Waals surface area contributed by atoms with Gasteiger partial charge in [-0.3, -0.25) is 4.79 Å². The molecule has 0 aromatic heterocycles. The lowest BCUT2D eigenvalue weighted by molar-refractivity contribution is -0.117. The minimum absolute atomic E-state index is 0.0813. The molecule has 0 unspecified atom stereocenters. The van der Waals surface area contributed by atoms with E-state index in [4.69, 9.17) is 4.74 Å². The number of amides is 1. The summed E-state index contributed by atoms with van der Waals surface area (Å²) in [4.78, 5) is 11.5. The van der Waals surface area contributed by atoms with Crippen LogP contribution in [-0.4, -0.2) is 24.2 Å². The van der Waals surface area contributed by atoms with Crippen LogP contribution in [0.4, 0.5) is 5.69 Å². The van der Waals surface area contributed by atoms with Gasteiger partial charge in [-0.1, -0.05) is 0 Å². The molecule has 16 heavy (non-hydrogen) atoms. The first kappa shape index (κ1) is 12.5. The topological polar surface area (TPSA) is 58.6 Å². The molecule has 4 nitrogen and oxygen atoms in total. The van der Waals surface area contributed by atoms with Crippen LogP contribution < -0.4 is 5.32 Å². The van der Waals surface area contributed by atoms with E-state index >= 15 is 0 Å². The summed E-state index contributed by atoms with van der Waals surface area (Å²) in [6.45, 7) is 4.77. The van der Waals surface area contributed by atoms with Crippen LogP contribution >= 0.6 is 0 Å². The largest absolute Gasteiger partial charge is 0.508 e. The van der Waals surface area contributed by atoms with Gasteiger partial charge in [0.1, 0.15) is 5.75 Å². The summed E-state index contributed by atoms with van der Waals surface area (Å²) in [6.07, 6.45) is 0.341. The molecular weight excluding hydrogens is 206 g/mol. The Morgan fingerprint density at radius 1 is 1.50 bits per heavy atom. The summed E-state index contributed by atoms with van der Waals surface area (Å²) in [5, 5.41) is 12.0. The third-order valence-electron chi connectivity index (χ3n) is 2.16. The first-order chi connectivity index (χ1) is 7.63. The lowest BCUT2D eigenvalue weighted by atomic mass is 10.2. The van der Waals surface area contributed by atoms with Crippen molar-refractivity contribution in [3.63, 3.8) is 0 Å². The summed E-state index contributed by atoms with van der Waals surface area (Å²) in [7, 11) is 0. The second kappa shape index (κ2) is 6.12. The summed E-state index contributed by atoms with van der Waals surface area (Å²) < 4.78 is 5.09. The number of aryl methyl sites for hydroxylation is 1. The quantitative estimate of drug-likeness (QED) is 0.593. The van der Waals surface area contributed by atoms with Crippen LogP contribution in [0.3, 0.4) is 0 Å². The monoisotopic (exact) mass is 223 g/mol.